The van der Waals surface area contributed by atoms with E-state index >= 15 is 0 Å². The van der Waals surface area contributed by atoms with Crippen LogP contribution in [0, 0.1) is 0 Å². The van der Waals surface area contributed by atoms with Gasteiger partial charge in [0.15, 0.2) is 0 Å². The number of hydrogen-bond donors (Lipinski definition) is 0. The van der Waals surface area contributed by atoms with E-state index in [1.165, 1.54) is 0 Å². The molecule has 1 aromatic carbocycles. The molecule has 0 fully saturated rings. The molecule has 0 aliphatic carbocycles. The quantitative estimate of drug-likeness (QED) is 0.520. The van der Waals surface area contributed by atoms with Crippen LogP contribution in [-0.4, -0.2) is 18.3 Å². The van der Waals surface area contributed by atoms with Crippen molar-refractivity contribution >= 4 is 28.9 Å². The van der Waals surface area contributed by atoms with E-state index in [0.29, 0.717) is 0 Å². The molecule has 4 nitrogen and oxygen atoms in total. The zero-order chi connectivity index (χ0) is 15.2. The summed E-state index contributed by atoms with van der Waals surface area (Å²) in [6.45, 7) is 0. The third kappa shape index (κ3) is 3.32. The molecule has 0 aliphatic rings. The Morgan fingerprint density at radius 3 is 2.59 bits per heavy atom. The second-order valence-corrected chi connectivity index (χ2v) is 5.27. The summed E-state index contributed by atoms with van der Waals surface area (Å²) in [5.74, 6) is 0.822. The zero-order valence-corrected chi connectivity index (χ0v) is 12.9. The number of pyridine rings is 1. The third-order valence-corrected chi connectivity index (χ3v) is 3.73. The first-order valence-electron chi connectivity index (χ1n) is 6.78. The molecule has 0 amide bonds. The molecule has 0 aliphatic heterocycles. The highest BCUT2D eigenvalue weighted by Crippen LogP contribution is 2.29. The Balaban J connectivity index is 1.92. The van der Waals surface area contributed by atoms with Crippen molar-refractivity contribution in [1.82, 2.24) is 4.98 Å². The van der Waals surface area contributed by atoms with Crippen molar-refractivity contribution in [2.45, 2.75) is 0 Å². The molecule has 0 atom stereocenters. The van der Waals surface area contributed by atoms with Crippen LogP contribution in [0.3, 0.4) is 0 Å². The molecular weight excluding hydrogens is 294 g/mol. The number of thiophene rings is 1. The molecule has 3 rings (SSSR count). The van der Waals surface area contributed by atoms with Crippen molar-refractivity contribution in [3.63, 3.8) is 0 Å². The van der Waals surface area contributed by atoms with Crippen molar-refractivity contribution < 1.29 is 4.74 Å². The van der Waals surface area contributed by atoms with E-state index in [0.717, 1.165) is 22.8 Å². The van der Waals surface area contributed by atoms with E-state index in [2.05, 4.69) is 15.5 Å². The monoisotopic (exact) mass is 309 g/mol. The molecule has 2 aromatic heterocycles. The fourth-order valence-electron chi connectivity index (χ4n) is 1.95. The van der Waals surface area contributed by atoms with E-state index < -0.39 is 0 Å². The van der Waals surface area contributed by atoms with E-state index in [1.54, 1.807) is 30.9 Å². The largest absolute Gasteiger partial charge is 0.497 e. The number of anilines is 2. The fourth-order valence-corrected chi connectivity index (χ4v) is 2.57. The van der Waals surface area contributed by atoms with Gasteiger partial charge in [0.1, 0.15) is 5.75 Å². The SMILES string of the molecule is COc1ccc(N(/N=C/c2ccccn2)c2ccsc2)cc1. The topological polar surface area (TPSA) is 37.7 Å². The Morgan fingerprint density at radius 2 is 1.95 bits per heavy atom. The van der Waals surface area contributed by atoms with Crippen molar-refractivity contribution in [3.8, 4) is 5.75 Å². The Bertz CT molecular complexity index is 724. The molecule has 0 N–H and O–H groups in total. The van der Waals surface area contributed by atoms with Gasteiger partial charge in [0.2, 0.25) is 0 Å². The van der Waals surface area contributed by atoms with Crippen molar-refractivity contribution in [2.24, 2.45) is 5.10 Å². The Hall–Kier alpha value is -2.66. The number of methoxy groups -OCH3 is 1. The van der Waals surface area contributed by atoms with E-state index in [9.17, 15) is 0 Å². The highest BCUT2D eigenvalue weighted by molar-refractivity contribution is 7.08. The van der Waals surface area contributed by atoms with Gasteiger partial charge >= 0.3 is 0 Å². The standard InChI is InChI=1S/C17H15N3OS/c1-21-17-7-5-15(6-8-17)20(16-9-11-22-13-16)19-12-14-4-2-3-10-18-14/h2-13H,1H3/b19-12+. The lowest BCUT2D eigenvalue weighted by atomic mass is 10.3. The second-order valence-electron chi connectivity index (χ2n) is 4.49. The first-order valence-corrected chi connectivity index (χ1v) is 7.72. The van der Waals surface area contributed by atoms with Gasteiger partial charge in [0, 0.05) is 11.6 Å². The van der Waals surface area contributed by atoms with Crippen LogP contribution in [0.1, 0.15) is 5.69 Å². The van der Waals surface area contributed by atoms with E-state index in [-0.39, 0.29) is 0 Å². The summed E-state index contributed by atoms with van der Waals surface area (Å²) >= 11 is 1.64. The summed E-state index contributed by atoms with van der Waals surface area (Å²) in [5, 5.41) is 10.5. The summed E-state index contributed by atoms with van der Waals surface area (Å²) in [5.41, 5.74) is 2.80. The first-order chi connectivity index (χ1) is 10.9. The summed E-state index contributed by atoms with van der Waals surface area (Å²) in [7, 11) is 1.66. The van der Waals surface area contributed by atoms with Crippen molar-refractivity contribution in [2.75, 3.05) is 12.1 Å². The maximum atomic E-state index is 5.20. The Kier molecular flexibility index (Phi) is 4.46. The molecule has 0 bridgehead atoms. The van der Waals surface area contributed by atoms with E-state index in [4.69, 9.17) is 4.74 Å². The molecule has 0 saturated heterocycles. The highest BCUT2D eigenvalue weighted by Gasteiger charge is 2.08. The number of benzene rings is 1. The molecule has 0 unspecified atom stereocenters. The highest BCUT2D eigenvalue weighted by atomic mass is 32.1. The minimum atomic E-state index is 0.816. The van der Waals surface area contributed by atoms with Crippen LogP contribution < -0.4 is 9.75 Å². The van der Waals surface area contributed by atoms with Gasteiger partial charge in [-0.1, -0.05) is 6.07 Å². The van der Waals surface area contributed by atoms with Gasteiger partial charge in [0.05, 0.1) is 30.4 Å². The van der Waals surface area contributed by atoms with Crippen LogP contribution in [0.2, 0.25) is 0 Å². The van der Waals surface area contributed by atoms with Crippen LogP contribution in [0.5, 0.6) is 5.75 Å². The van der Waals surface area contributed by atoms with Crippen LogP contribution in [-0.2, 0) is 0 Å². The third-order valence-electron chi connectivity index (χ3n) is 3.06. The maximum absolute atomic E-state index is 5.20. The number of ether oxygens (including phenoxy) is 1. The zero-order valence-electron chi connectivity index (χ0n) is 12.1. The normalized spacial score (nSPS) is 10.8. The van der Waals surface area contributed by atoms with Gasteiger partial charge in [-0.3, -0.25) is 4.98 Å². The lowest BCUT2D eigenvalue weighted by molar-refractivity contribution is 0.415. The summed E-state index contributed by atoms with van der Waals surface area (Å²) in [6, 6.07) is 15.6. The summed E-state index contributed by atoms with van der Waals surface area (Å²) in [6.07, 6.45) is 3.51. The van der Waals surface area contributed by atoms with Gasteiger partial charge in [-0.05, 0) is 47.8 Å². The summed E-state index contributed by atoms with van der Waals surface area (Å²) in [4.78, 5) is 4.26. The van der Waals surface area contributed by atoms with Gasteiger partial charge in [-0.2, -0.15) is 16.4 Å². The Morgan fingerprint density at radius 1 is 1.09 bits per heavy atom. The number of aromatic nitrogens is 1. The minimum absolute atomic E-state index is 0.816. The maximum Gasteiger partial charge on any atom is 0.119 e. The molecule has 2 heterocycles. The predicted octanol–water partition coefficient (Wildman–Crippen LogP) is 4.32. The van der Waals surface area contributed by atoms with Crippen LogP contribution in [0.4, 0.5) is 11.4 Å². The van der Waals surface area contributed by atoms with Gasteiger partial charge in [-0.25, -0.2) is 5.01 Å². The Labute approximate surface area is 133 Å². The lowest BCUT2D eigenvalue weighted by Crippen LogP contribution is -2.08. The average molecular weight is 309 g/mol. The van der Waals surface area contributed by atoms with Crippen LogP contribution in [0.25, 0.3) is 0 Å². The van der Waals surface area contributed by atoms with Gasteiger partial charge in [-0.15, -0.1) is 0 Å². The second kappa shape index (κ2) is 6.87. The predicted molar refractivity (Wildman–Crippen MR) is 91.3 cm³/mol. The van der Waals surface area contributed by atoms with Gasteiger partial charge < -0.3 is 4.74 Å². The molecule has 5 heteroatoms. The van der Waals surface area contributed by atoms with Crippen molar-refractivity contribution in [3.05, 3.63) is 71.2 Å². The summed E-state index contributed by atoms with van der Waals surface area (Å²) < 4.78 is 5.20. The fraction of sp³-hybridized carbons (Fsp3) is 0.0588. The van der Waals surface area contributed by atoms with Crippen molar-refractivity contribution in [1.29, 1.82) is 0 Å². The minimum Gasteiger partial charge on any atom is -0.497 e. The molecule has 0 radical (unpaired) electrons. The number of rotatable bonds is 5. The van der Waals surface area contributed by atoms with Crippen LogP contribution >= 0.6 is 11.3 Å². The first kappa shape index (κ1) is 14.3. The van der Waals surface area contributed by atoms with Gasteiger partial charge in [0.25, 0.3) is 0 Å². The average Bonchev–Trinajstić information content (AvgIpc) is 3.11. The van der Waals surface area contributed by atoms with Crippen LogP contribution in [0.15, 0.2) is 70.6 Å². The molecule has 0 saturated carbocycles. The number of hydrogen-bond acceptors (Lipinski definition) is 5. The molecule has 22 heavy (non-hydrogen) atoms. The van der Waals surface area contributed by atoms with E-state index in [1.807, 2.05) is 58.9 Å². The molecule has 3 aromatic rings. The molecular formula is C17H15N3OS. The molecule has 110 valence electrons. The smallest absolute Gasteiger partial charge is 0.119 e. The lowest BCUT2D eigenvalue weighted by Gasteiger charge is -2.17. The number of nitrogens with zero attached hydrogens (tertiary/aromatic N) is 3. The molecule has 0 spiro atoms. The number of hydrazone groups is 1.